The number of sulfonamides is 1. The highest BCUT2D eigenvalue weighted by Crippen LogP contribution is 2.21. The number of nitrogens with zero attached hydrogens (tertiary/aromatic N) is 1. The Morgan fingerprint density at radius 3 is 2.65 bits per heavy atom. The lowest BCUT2D eigenvalue weighted by Gasteiger charge is -2.10. The number of hydrogen-bond donors (Lipinski definition) is 2. The normalized spacial score (nSPS) is 10.8. The molecular weight excluding hydrogens is 369 g/mol. The van der Waals surface area contributed by atoms with Gasteiger partial charge in [0.05, 0.1) is 22.9 Å². The van der Waals surface area contributed by atoms with Gasteiger partial charge in [-0.3, -0.25) is 19.6 Å². The van der Waals surface area contributed by atoms with Crippen LogP contribution in [0.2, 0.25) is 0 Å². The maximum atomic E-state index is 13.6. The van der Waals surface area contributed by atoms with E-state index < -0.39 is 33.3 Å². The molecule has 0 aromatic heterocycles. The van der Waals surface area contributed by atoms with E-state index in [4.69, 9.17) is 4.74 Å². The average molecular weight is 383 g/mol. The summed E-state index contributed by atoms with van der Waals surface area (Å²) in [5.41, 5.74) is -0.354. The molecule has 2 aromatic rings. The number of rotatable bonds is 7. The van der Waals surface area contributed by atoms with Crippen LogP contribution < -0.4 is 14.8 Å². The minimum absolute atomic E-state index is 0.132. The van der Waals surface area contributed by atoms with E-state index in [-0.39, 0.29) is 22.8 Å². The van der Waals surface area contributed by atoms with Crippen molar-refractivity contribution in [2.45, 2.75) is 0 Å². The summed E-state index contributed by atoms with van der Waals surface area (Å²) < 4.78 is 43.1. The Morgan fingerprint density at radius 1 is 1.27 bits per heavy atom. The van der Waals surface area contributed by atoms with Crippen LogP contribution in [-0.2, 0) is 14.8 Å². The van der Waals surface area contributed by atoms with Gasteiger partial charge in [0.25, 0.3) is 11.6 Å². The topological polar surface area (TPSA) is 128 Å². The highest BCUT2D eigenvalue weighted by molar-refractivity contribution is 7.92. The number of nitrogens with one attached hydrogen (secondary N) is 2. The summed E-state index contributed by atoms with van der Waals surface area (Å²) in [6.45, 7) is -0.451. The van der Waals surface area contributed by atoms with Crippen molar-refractivity contribution in [2.24, 2.45) is 0 Å². The summed E-state index contributed by atoms with van der Waals surface area (Å²) in [6, 6.07) is 8.65. The highest BCUT2D eigenvalue weighted by Gasteiger charge is 2.11. The molecule has 0 aliphatic rings. The van der Waals surface area contributed by atoms with Gasteiger partial charge in [-0.2, -0.15) is 0 Å². The first-order valence-electron chi connectivity index (χ1n) is 7.08. The molecule has 2 rings (SSSR count). The molecule has 2 N–H and O–H groups in total. The van der Waals surface area contributed by atoms with Gasteiger partial charge < -0.3 is 10.1 Å². The molecule has 0 aliphatic heterocycles. The first-order chi connectivity index (χ1) is 12.1. The number of halogens is 1. The molecule has 2 aromatic carbocycles. The predicted molar refractivity (Wildman–Crippen MR) is 92.1 cm³/mol. The first kappa shape index (κ1) is 19.1. The van der Waals surface area contributed by atoms with Gasteiger partial charge in [-0.1, -0.05) is 6.07 Å². The van der Waals surface area contributed by atoms with Gasteiger partial charge in [-0.05, 0) is 24.3 Å². The average Bonchev–Trinajstić information content (AvgIpc) is 2.55. The second-order valence-electron chi connectivity index (χ2n) is 5.16. The lowest BCUT2D eigenvalue weighted by atomic mass is 10.2. The van der Waals surface area contributed by atoms with Crippen LogP contribution in [0.15, 0.2) is 42.5 Å². The summed E-state index contributed by atoms with van der Waals surface area (Å²) in [5, 5.41) is 13.1. The third-order valence-corrected chi connectivity index (χ3v) is 3.53. The zero-order chi connectivity index (χ0) is 19.3. The van der Waals surface area contributed by atoms with Crippen LogP contribution in [0.25, 0.3) is 0 Å². The molecular formula is C15H14FN3O6S. The zero-order valence-electron chi connectivity index (χ0n) is 13.4. The number of hydrogen-bond acceptors (Lipinski definition) is 6. The van der Waals surface area contributed by atoms with Crippen LogP contribution in [0.5, 0.6) is 5.75 Å². The standard InChI is InChI=1S/C15H14FN3O6S/c1-26(23,24)18-14-7-10(5-6-13(14)16)17-15(20)9-25-12-4-2-3-11(8-12)19(21)22/h2-8,18H,9H2,1H3,(H,17,20). The second kappa shape index (κ2) is 7.78. The molecule has 0 atom stereocenters. The van der Waals surface area contributed by atoms with Crippen molar-refractivity contribution in [3.8, 4) is 5.75 Å². The van der Waals surface area contributed by atoms with Gasteiger partial charge in [0.1, 0.15) is 11.6 Å². The molecule has 0 aliphatic carbocycles. The van der Waals surface area contributed by atoms with Crippen LogP contribution in [0, 0.1) is 15.9 Å². The first-order valence-corrected chi connectivity index (χ1v) is 8.97. The second-order valence-corrected chi connectivity index (χ2v) is 6.91. The fraction of sp³-hybridized carbons (Fsp3) is 0.133. The van der Waals surface area contributed by atoms with E-state index in [1.165, 1.54) is 30.3 Å². The van der Waals surface area contributed by atoms with E-state index in [1.54, 1.807) is 0 Å². The van der Waals surface area contributed by atoms with Crippen molar-refractivity contribution in [3.05, 3.63) is 58.4 Å². The monoisotopic (exact) mass is 383 g/mol. The maximum Gasteiger partial charge on any atom is 0.273 e. The van der Waals surface area contributed by atoms with E-state index in [1.807, 2.05) is 4.72 Å². The zero-order valence-corrected chi connectivity index (χ0v) is 14.2. The minimum Gasteiger partial charge on any atom is -0.484 e. The van der Waals surface area contributed by atoms with E-state index in [0.717, 1.165) is 18.4 Å². The number of nitro benzene ring substituents is 1. The van der Waals surface area contributed by atoms with Crippen molar-refractivity contribution in [2.75, 3.05) is 22.9 Å². The van der Waals surface area contributed by atoms with Crippen molar-refractivity contribution in [1.29, 1.82) is 0 Å². The predicted octanol–water partition coefficient (Wildman–Crippen LogP) is 2.12. The number of anilines is 2. The Hall–Kier alpha value is -3.21. The van der Waals surface area contributed by atoms with Gasteiger partial charge in [0, 0.05) is 11.8 Å². The Labute approximate surface area is 148 Å². The number of benzene rings is 2. The molecule has 0 fully saturated rings. The number of ether oxygens (including phenoxy) is 1. The quantitative estimate of drug-likeness (QED) is 0.557. The highest BCUT2D eigenvalue weighted by atomic mass is 32.2. The SMILES string of the molecule is CS(=O)(=O)Nc1cc(NC(=O)COc2cccc([N+](=O)[O-])c2)ccc1F. The third-order valence-electron chi connectivity index (χ3n) is 2.94. The van der Waals surface area contributed by atoms with Crippen LogP contribution in [0.1, 0.15) is 0 Å². The number of carbonyl (C=O) groups is 1. The third kappa shape index (κ3) is 5.70. The Balaban J connectivity index is 2.01. The summed E-state index contributed by atoms with van der Waals surface area (Å²) in [6.07, 6.45) is 0.866. The lowest BCUT2D eigenvalue weighted by molar-refractivity contribution is -0.384. The molecule has 0 saturated heterocycles. The summed E-state index contributed by atoms with van der Waals surface area (Å²) in [5.74, 6) is -1.29. The maximum absolute atomic E-state index is 13.6. The molecule has 26 heavy (non-hydrogen) atoms. The van der Waals surface area contributed by atoms with E-state index in [9.17, 15) is 27.7 Å². The van der Waals surface area contributed by atoms with Crippen LogP contribution in [0.3, 0.4) is 0 Å². The van der Waals surface area contributed by atoms with Gasteiger partial charge >= 0.3 is 0 Å². The largest absolute Gasteiger partial charge is 0.484 e. The Kier molecular flexibility index (Phi) is 5.72. The lowest BCUT2D eigenvalue weighted by Crippen LogP contribution is -2.20. The van der Waals surface area contributed by atoms with Crippen molar-refractivity contribution in [1.82, 2.24) is 0 Å². The van der Waals surface area contributed by atoms with Gasteiger partial charge in [-0.25, -0.2) is 12.8 Å². The number of non-ortho nitro benzene ring substituents is 1. The number of carbonyl (C=O) groups excluding carboxylic acids is 1. The Bertz CT molecular complexity index is 948. The Morgan fingerprint density at radius 2 is 2.00 bits per heavy atom. The molecule has 9 nitrogen and oxygen atoms in total. The van der Waals surface area contributed by atoms with Gasteiger partial charge in [-0.15, -0.1) is 0 Å². The molecule has 1 amide bonds. The number of amides is 1. The molecule has 0 unspecified atom stereocenters. The molecule has 11 heteroatoms. The van der Waals surface area contributed by atoms with Crippen LogP contribution >= 0.6 is 0 Å². The van der Waals surface area contributed by atoms with Crippen molar-refractivity contribution < 1.29 is 27.3 Å². The van der Waals surface area contributed by atoms with Crippen molar-refractivity contribution >= 4 is 33.0 Å². The summed E-state index contributed by atoms with van der Waals surface area (Å²) in [4.78, 5) is 22.0. The van der Waals surface area contributed by atoms with Gasteiger partial charge in [0.15, 0.2) is 6.61 Å². The van der Waals surface area contributed by atoms with Crippen LogP contribution in [0.4, 0.5) is 21.5 Å². The van der Waals surface area contributed by atoms with E-state index in [0.29, 0.717) is 0 Å². The number of nitro groups is 1. The van der Waals surface area contributed by atoms with Gasteiger partial charge in [0.2, 0.25) is 10.0 Å². The summed E-state index contributed by atoms with van der Waals surface area (Å²) >= 11 is 0. The fourth-order valence-electron chi connectivity index (χ4n) is 1.91. The molecule has 138 valence electrons. The van der Waals surface area contributed by atoms with E-state index >= 15 is 0 Å². The molecule has 0 heterocycles. The van der Waals surface area contributed by atoms with Crippen LogP contribution in [-0.4, -0.2) is 32.1 Å². The smallest absolute Gasteiger partial charge is 0.273 e. The minimum atomic E-state index is -3.68. The molecule has 0 bridgehead atoms. The molecule has 0 radical (unpaired) electrons. The molecule has 0 saturated carbocycles. The summed E-state index contributed by atoms with van der Waals surface area (Å²) in [7, 11) is -3.68. The fourth-order valence-corrected chi connectivity index (χ4v) is 2.47. The molecule has 0 spiro atoms. The van der Waals surface area contributed by atoms with Crippen molar-refractivity contribution in [3.63, 3.8) is 0 Å². The van der Waals surface area contributed by atoms with E-state index in [2.05, 4.69) is 5.32 Å².